The van der Waals surface area contributed by atoms with Crippen molar-refractivity contribution in [2.24, 2.45) is 11.8 Å². The van der Waals surface area contributed by atoms with Gasteiger partial charge in [-0.25, -0.2) is 0 Å². The zero-order chi connectivity index (χ0) is 12.0. The quantitative estimate of drug-likeness (QED) is 0.733. The summed E-state index contributed by atoms with van der Waals surface area (Å²) in [6, 6.07) is 0. The number of hydrogen-bond donors (Lipinski definition) is 1. The van der Waals surface area contributed by atoms with E-state index in [1.54, 1.807) is 0 Å². The predicted molar refractivity (Wildman–Crippen MR) is 65.2 cm³/mol. The number of carbonyl (C=O) groups excluding carboxylic acids is 1. The summed E-state index contributed by atoms with van der Waals surface area (Å²) >= 11 is 0. The van der Waals surface area contributed by atoms with Gasteiger partial charge in [-0.15, -0.1) is 0 Å². The first-order valence-corrected chi connectivity index (χ1v) is 6.48. The van der Waals surface area contributed by atoms with E-state index in [1.165, 1.54) is 25.7 Å². The van der Waals surface area contributed by atoms with Gasteiger partial charge >= 0.3 is 5.97 Å². The number of esters is 1. The minimum absolute atomic E-state index is 0.0102. The van der Waals surface area contributed by atoms with E-state index in [0.717, 1.165) is 18.4 Å². The van der Waals surface area contributed by atoms with Crippen LogP contribution in [-0.4, -0.2) is 25.2 Å². The molecule has 0 spiro atoms. The summed E-state index contributed by atoms with van der Waals surface area (Å²) in [4.78, 5) is 11.3. The Bertz CT molecular complexity index is 216. The van der Waals surface area contributed by atoms with Crippen LogP contribution in [-0.2, 0) is 9.53 Å². The van der Waals surface area contributed by atoms with E-state index in [1.807, 2.05) is 13.8 Å². The maximum absolute atomic E-state index is 11.3. The summed E-state index contributed by atoms with van der Waals surface area (Å²) in [5.74, 6) is 1.46. The molecule has 0 amide bonds. The van der Waals surface area contributed by atoms with Crippen LogP contribution >= 0.6 is 0 Å². The molecule has 2 unspecified atom stereocenters. The summed E-state index contributed by atoms with van der Waals surface area (Å²) in [5.41, 5.74) is 0. The van der Waals surface area contributed by atoms with Crippen molar-refractivity contribution in [1.82, 2.24) is 5.32 Å². The van der Waals surface area contributed by atoms with Gasteiger partial charge in [-0.3, -0.25) is 4.79 Å². The van der Waals surface area contributed by atoms with Crippen molar-refractivity contribution >= 4 is 5.97 Å². The van der Waals surface area contributed by atoms with Gasteiger partial charge in [-0.2, -0.15) is 0 Å². The van der Waals surface area contributed by atoms with Crippen molar-refractivity contribution in [3.63, 3.8) is 0 Å². The third kappa shape index (κ3) is 5.50. The average Bonchev–Trinajstić information content (AvgIpc) is 2.16. The summed E-state index contributed by atoms with van der Waals surface area (Å²) in [7, 11) is 0. The van der Waals surface area contributed by atoms with Crippen LogP contribution in [0.25, 0.3) is 0 Å². The molecule has 0 saturated heterocycles. The van der Waals surface area contributed by atoms with Crippen LogP contribution in [0.15, 0.2) is 0 Å². The molecule has 0 aliphatic heterocycles. The summed E-state index contributed by atoms with van der Waals surface area (Å²) in [6.45, 7) is 7.38. The third-order valence-corrected chi connectivity index (χ3v) is 3.11. The van der Waals surface area contributed by atoms with Gasteiger partial charge in [0.1, 0.15) is 0 Å². The van der Waals surface area contributed by atoms with Crippen molar-refractivity contribution < 1.29 is 9.53 Å². The summed E-state index contributed by atoms with van der Waals surface area (Å²) < 4.78 is 5.06. The lowest BCUT2D eigenvalue weighted by atomic mass is 9.82. The van der Waals surface area contributed by atoms with Gasteiger partial charge in [0.15, 0.2) is 0 Å². The molecule has 0 radical (unpaired) electrons. The van der Waals surface area contributed by atoms with Crippen molar-refractivity contribution in [2.75, 3.05) is 13.1 Å². The van der Waals surface area contributed by atoms with Gasteiger partial charge in [0.2, 0.25) is 0 Å². The van der Waals surface area contributed by atoms with Crippen molar-refractivity contribution in [2.45, 2.75) is 52.6 Å². The smallest absolute Gasteiger partial charge is 0.320 e. The molecule has 1 N–H and O–H groups in total. The second-order valence-corrected chi connectivity index (χ2v) is 5.31. The molecule has 0 aromatic carbocycles. The Morgan fingerprint density at radius 2 is 2.19 bits per heavy atom. The first-order valence-electron chi connectivity index (χ1n) is 6.48. The Labute approximate surface area is 98.9 Å². The molecule has 0 aromatic rings. The zero-order valence-electron chi connectivity index (χ0n) is 10.8. The number of rotatable bonds is 5. The molecule has 16 heavy (non-hydrogen) atoms. The molecule has 2 atom stereocenters. The summed E-state index contributed by atoms with van der Waals surface area (Å²) in [5, 5.41) is 3.21. The molecule has 1 fully saturated rings. The SMILES string of the molecule is CC1CCCC(CNCC(=O)OC(C)C)C1. The van der Waals surface area contributed by atoms with Crippen LogP contribution in [0.3, 0.4) is 0 Å². The number of hydrogen-bond acceptors (Lipinski definition) is 3. The normalized spacial score (nSPS) is 25.8. The molecular weight excluding hydrogens is 202 g/mol. The highest BCUT2D eigenvalue weighted by Gasteiger charge is 2.18. The number of carbonyl (C=O) groups is 1. The Morgan fingerprint density at radius 1 is 1.44 bits per heavy atom. The van der Waals surface area contributed by atoms with Crippen LogP contribution in [0.5, 0.6) is 0 Å². The molecule has 3 nitrogen and oxygen atoms in total. The van der Waals surface area contributed by atoms with Gasteiger partial charge in [-0.05, 0) is 45.1 Å². The monoisotopic (exact) mass is 227 g/mol. The molecule has 1 saturated carbocycles. The minimum Gasteiger partial charge on any atom is -0.462 e. The first kappa shape index (κ1) is 13.5. The highest BCUT2D eigenvalue weighted by atomic mass is 16.5. The Kier molecular flexibility index (Phi) is 5.81. The molecule has 0 heterocycles. The van der Waals surface area contributed by atoms with Crippen molar-refractivity contribution in [3.05, 3.63) is 0 Å². The van der Waals surface area contributed by atoms with E-state index >= 15 is 0 Å². The van der Waals surface area contributed by atoms with Gasteiger partial charge < -0.3 is 10.1 Å². The zero-order valence-corrected chi connectivity index (χ0v) is 10.8. The molecule has 94 valence electrons. The van der Waals surface area contributed by atoms with E-state index in [9.17, 15) is 4.79 Å². The number of ether oxygens (including phenoxy) is 1. The maximum atomic E-state index is 11.3. The van der Waals surface area contributed by atoms with Crippen molar-refractivity contribution in [1.29, 1.82) is 0 Å². The fraction of sp³-hybridized carbons (Fsp3) is 0.923. The highest BCUT2D eigenvalue weighted by Crippen LogP contribution is 2.27. The minimum atomic E-state index is -0.140. The fourth-order valence-corrected chi connectivity index (χ4v) is 2.43. The van der Waals surface area contributed by atoms with Gasteiger partial charge in [-0.1, -0.05) is 19.8 Å². The topological polar surface area (TPSA) is 38.3 Å². The predicted octanol–water partition coefficient (Wildman–Crippen LogP) is 2.35. The Hall–Kier alpha value is -0.570. The van der Waals surface area contributed by atoms with Gasteiger partial charge in [0.25, 0.3) is 0 Å². The molecule has 1 aliphatic carbocycles. The second-order valence-electron chi connectivity index (χ2n) is 5.31. The van der Waals surface area contributed by atoms with E-state index in [2.05, 4.69) is 12.2 Å². The fourth-order valence-electron chi connectivity index (χ4n) is 2.43. The molecule has 1 rings (SSSR count). The van der Waals surface area contributed by atoms with E-state index in [0.29, 0.717) is 6.54 Å². The Balaban J connectivity index is 2.08. The third-order valence-electron chi connectivity index (χ3n) is 3.11. The second kappa shape index (κ2) is 6.89. The Morgan fingerprint density at radius 3 is 2.81 bits per heavy atom. The van der Waals surface area contributed by atoms with Gasteiger partial charge in [0.05, 0.1) is 12.6 Å². The maximum Gasteiger partial charge on any atom is 0.320 e. The summed E-state index contributed by atoms with van der Waals surface area (Å²) in [6.07, 6.45) is 5.29. The molecule has 1 aliphatic rings. The standard InChI is InChI=1S/C13H25NO2/c1-10(2)16-13(15)9-14-8-12-6-4-5-11(3)7-12/h10-12,14H,4-9H2,1-3H3. The average molecular weight is 227 g/mol. The van der Waals surface area contributed by atoms with Crippen molar-refractivity contribution in [3.8, 4) is 0 Å². The van der Waals surface area contributed by atoms with Gasteiger partial charge in [0, 0.05) is 0 Å². The number of nitrogens with one attached hydrogen (secondary N) is 1. The van der Waals surface area contributed by atoms with E-state index in [-0.39, 0.29) is 12.1 Å². The van der Waals surface area contributed by atoms with Crippen LogP contribution in [0.1, 0.15) is 46.5 Å². The van der Waals surface area contributed by atoms with E-state index < -0.39 is 0 Å². The molecule has 0 bridgehead atoms. The lowest BCUT2D eigenvalue weighted by molar-refractivity contribution is -0.146. The van der Waals surface area contributed by atoms with Crippen LogP contribution < -0.4 is 5.32 Å². The van der Waals surface area contributed by atoms with Crippen LogP contribution in [0.4, 0.5) is 0 Å². The van der Waals surface area contributed by atoms with E-state index in [4.69, 9.17) is 4.74 Å². The highest BCUT2D eigenvalue weighted by molar-refractivity contribution is 5.71. The largest absolute Gasteiger partial charge is 0.462 e. The van der Waals surface area contributed by atoms with Crippen LogP contribution in [0.2, 0.25) is 0 Å². The lowest BCUT2D eigenvalue weighted by Crippen LogP contribution is -2.32. The molecule has 3 heteroatoms. The lowest BCUT2D eigenvalue weighted by Gasteiger charge is -2.26. The molecule has 0 aromatic heterocycles. The molecular formula is C13H25NO2. The van der Waals surface area contributed by atoms with Crippen LogP contribution in [0, 0.1) is 11.8 Å². The first-order chi connectivity index (χ1) is 7.58.